The summed E-state index contributed by atoms with van der Waals surface area (Å²) >= 11 is 0. The van der Waals surface area contributed by atoms with Gasteiger partial charge in [-0.1, -0.05) is 5.16 Å². The zero-order valence-electron chi connectivity index (χ0n) is 11.3. The summed E-state index contributed by atoms with van der Waals surface area (Å²) in [6.45, 7) is 3.68. The van der Waals surface area contributed by atoms with Crippen LogP contribution in [0.15, 0.2) is 23.4 Å². The molecule has 0 fully saturated rings. The van der Waals surface area contributed by atoms with Crippen LogP contribution in [0.5, 0.6) is 0 Å². The Hall–Kier alpha value is -2.18. The lowest BCUT2D eigenvalue weighted by Crippen LogP contribution is -2.39. The van der Waals surface area contributed by atoms with Crippen molar-refractivity contribution in [3.05, 3.63) is 35.4 Å². The molecule has 0 atom stereocenters. The lowest BCUT2D eigenvalue weighted by Gasteiger charge is -2.26. The van der Waals surface area contributed by atoms with Gasteiger partial charge in [0, 0.05) is 25.1 Å². The third kappa shape index (κ3) is 3.91. The molecule has 0 aliphatic carbocycles. The van der Waals surface area contributed by atoms with E-state index in [-0.39, 0.29) is 30.4 Å². The number of rotatable bonds is 5. The van der Waals surface area contributed by atoms with Crippen LogP contribution in [0.1, 0.15) is 30.6 Å². The van der Waals surface area contributed by atoms with Gasteiger partial charge in [0.15, 0.2) is 0 Å². The van der Waals surface area contributed by atoms with E-state index in [4.69, 9.17) is 10.9 Å². The van der Waals surface area contributed by atoms with E-state index in [1.54, 1.807) is 13.8 Å². The van der Waals surface area contributed by atoms with Crippen molar-refractivity contribution in [3.63, 3.8) is 0 Å². The van der Waals surface area contributed by atoms with E-state index in [9.17, 15) is 13.6 Å². The number of carbonyl (C=O) groups is 1. The van der Waals surface area contributed by atoms with Gasteiger partial charge >= 0.3 is 0 Å². The molecule has 5 nitrogen and oxygen atoms in total. The maximum Gasteiger partial charge on any atom is 0.257 e. The molecule has 1 amide bonds. The first-order valence-corrected chi connectivity index (χ1v) is 6.09. The number of amides is 1. The summed E-state index contributed by atoms with van der Waals surface area (Å²) in [5.41, 5.74) is 5.14. The summed E-state index contributed by atoms with van der Waals surface area (Å²) in [5.74, 6) is -2.25. The van der Waals surface area contributed by atoms with Gasteiger partial charge in [-0.2, -0.15) is 0 Å². The van der Waals surface area contributed by atoms with Crippen LogP contribution in [0.3, 0.4) is 0 Å². The topological polar surface area (TPSA) is 78.9 Å². The van der Waals surface area contributed by atoms with Crippen LogP contribution in [-0.4, -0.2) is 34.4 Å². The molecule has 0 aromatic heterocycles. The first-order valence-electron chi connectivity index (χ1n) is 6.09. The molecule has 0 heterocycles. The van der Waals surface area contributed by atoms with Crippen molar-refractivity contribution in [1.82, 2.24) is 4.90 Å². The molecule has 0 spiro atoms. The number of hydrogen-bond acceptors (Lipinski definition) is 3. The minimum atomic E-state index is -0.913. The largest absolute Gasteiger partial charge is 0.409 e. The second-order valence-electron chi connectivity index (χ2n) is 4.56. The summed E-state index contributed by atoms with van der Waals surface area (Å²) < 4.78 is 26.5. The quantitative estimate of drug-likeness (QED) is 0.375. The fourth-order valence-electron chi connectivity index (χ4n) is 1.70. The number of halogens is 2. The number of hydrogen-bond donors (Lipinski definition) is 2. The molecule has 0 aliphatic rings. The fourth-order valence-corrected chi connectivity index (χ4v) is 1.70. The smallest absolute Gasteiger partial charge is 0.257 e. The normalized spacial score (nSPS) is 11.8. The number of oxime groups is 1. The van der Waals surface area contributed by atoms with Gasteiger partial charge < -0.3 is 15.8 Å². The Balaban J connectivity index is 2.94. The minimum Gasteiger partial charge on any atom is -0.409 e. The van der Waals surface area contributed by atoms with Gasteiger partial charge in [-0.25, -0.2) is 8.78 Å². The summed E-state index contributed by atoms with van der Waals surface area (Å²) in [6, 6.07) is 2.58. The Bertz CT molecular complexity index is 518. The summed E-state index contributed by atoms with van der Waals surface area (Å²) in [7, 11) is 0. The molecule has 110 valence electrons. The Morgan fingerprint density at radius 3 is 2.60 bits per heavy atom. The molecule has 20 heavy (non-hydrogen) atoms. The van der Waals surface area contributed by atoms with Crippen LogP contribution < -0.4 is 5.73 Å². The van der Waals surface area contributed by atoms with Crippen LogP contribution in [0.25, 0.3) is 0 Å². The van der Waals surface area contributed by atoms with E-state index in [0.717, 1.165) is 12.1 Å². The Morgan fingerprint density at radius 1 is 1.45 bits per heavy atom. The van der Waals surface area contributed by atoms with Crippen LogP contribution in [0, 0.1) is 11.6 Å². The molecular formula is C13H17F2N3O2. The van der Waals surface area contributed by atoms with Crippen molar-refractivity contribution < 1.29 is 18.8 Å². The summed E-state index contributed by atoms with van der Waals surface area (Å²) in [4.78, 5) is 13.6. The van der Waals surface area contributed by atoms with Gasteiger partial charge in [0.2, 0.25) is 0 Å². The van der Waals surface area contributed by atoms with Crippen LogP contribution in [-0.2, 0) is 0 Å². The first-order chi connectivity index (χ1) is 9.36. The van der Waals surface area contributed by atoms with Crippen LogP contribution >= 0.6 is 0 Å². The van der Waals surface area contributed by atoms with E-state index in [2.05, 4.69) is 5.16 Å². The van der Waals surface area contributed by atoms with Crippen molar-refractivity contribution in [1.29, 1.82) is 0 Å². The molecule has 7 heteroatoms. The Morgan fingerprint density at radius 2 is 2.10 bits per heavy atom. The molecule has 0 aliphatic heterocycles. The van der Waals surface area contributed by atoms with Gasteiger partial charge in [0.05, 0.1) is 5.56 Å². The van der Waals surface area contributed by atoms with Crippen molar-refractivity contribution in [3.8, 4) is 0 Å². The van der Waals surface area contributed by atoms with Crippen LogP contribution in [0.4, 0.5) is 8.78 Å². The number of benzene rings is 1. The Kier molecular flexibility index (Phi) is 5.42. The second kappa shape index (κ2) is 6.83. The molecule has 1 aromatic rings. The zero-order chi connectivity index (χ0) is 15.3. The standard InChI is InChI=1S/C13H17F2N3O2/c1-8(2)18(6-5-12(16)17-20)13(19)10-4-3-9(14)7-11(10)15/h3-4,7-8,20H,5-6H2,1-2H3,(H2,16,17). The third-order valence-corrected chi connectivity index (χ3v) is 2.78. The maximum atomic E-state index is 13.6. The molecule has 1 rings (SSSR count). The highest BCUT2D eigenvalue weighted by Gasteiger charge is 2.22. The first kappa shape index (κ1) is 15.9. The van der Waals surface area contributed by atoms with Crippen molar-refractivity contribution in [2.75, 3.05) is 6.54 Å². The second-order valence-corrected chi connectivity index (χ2v) is 4.56. The molecule has 1 aromatic carbocycles. The summed E-state index contributed by atoms with van der Waals surface area (Å²) in [6.07, 6.45) is 0.156. The summed E-state index contributed by atoms with van der Waals surface area (Å²) in [5, 5.41) is 11.3. The predicted molar refractivity (Wildman–Crippen MR) is 70.6 cm³/mol. The maximum absolute atomic E-state index is 13.6. The van der Waals surface area contributed by atoms with Gasteiger partial charge in [-0.3, -0.25) is 4.79 Å². The number of carbonyl (C=O) groups excluding carboxylic acids is 1. The molecular weight excluding hydrogens is 268 g/mol. The fraction of sp³-hybridized carbons (Fsp3) is 0.385. The highest BCUT2D eigenvalue weighted by Crippen LogP contribution is 2.14. The van der Waals surface area contributed by atoms with Crippen molar-refractivity contribution in [2.24, 2.45) is 10.9 Å². The van der Waals surface area contributed by atoms with Gasteiger partial charge in [-0.15, -0.1) is 0 Å². The minimum absolute atomic E-state index is 0.0250. The predicted octanol–water partition coefficient (Wildman–Crippen LogP) is 1.95. The SMILES string of the molecule is CC(C)N(CCC(N)=NO)C(=O)c1ccc(F)cc1F. The monoisotopic (exact) mass is 285 g/mol. The average molecular weight is 285 g/mol. The van der Waals surface area contributed by atoms with Crippen molar-refractivity contribution >= 4 is 11.7 Å². The number of nitrogens with zero attached hydrogens (tertiary/aromatic N) is 2. The Labute approximate surface area is 115 Å². The van der Waals surface area contributed by atoms with Crippen molar-refractivity contribution in [2.45, 2.75) is 26.3 Å². The molecule has 0 saturated heterocycles. The molecule has 0 radical (unpaired) electrons. The van der Waals surface area contributed by atoms with Gasteiger partial charge in [-0.05, 0) is 26.0 Å². The van der Waals surface area contributed by atoms with E-state index < -0.39 is 17.5 Å². The highest BCUT2D eigenvalue weighted by molar-refractivity contribution is 5.95. The van der Waals surface area contributed by atoms with E-state index in [1.165, 1.54) is 4.90 Å². The molecule has 0 bridgehead atoms. The molecule has 0 unspecified atom stereocenters. The lowest BCUT2D eigenvalue weighted by molar-refractivity contribution is 0.0706. The highest BCUT2D eigenvalue weighted by atomic mass is 19.1. The van der Waals surface area contributed by atoms with Crippen LogP contribution in [0.2, 0.25) is 0 Å². The lowest BCUT2D eigenvalue weighted by atomic mass is 10.1. The zero-order valence-corrected chi connectivity index (χ0v) is 11.3. The van der Waals surface area contributed by atoms with E-state index >= 15 is 0 Å². The number of amidine groups is 1. The average Bonchev–Trinajstić information content (AvgIpc) is 2.37. The van der Waals surface area contributed by atoms with Gasteiger partial charge in [0.1, 0.15) is 17.5 Å². The van der Waals surface area contributed by atoms with E-state index in [0.29, 0.717) is 6.07 Å². The number of nitrogens with two attached hydrogens (primary N) is 1. The van der Waals surface area contributed by atoms with E-state index in [1.807, 2.05) is 0 Å². The third-order valence-electron chi connectivity index (χ3n) is 2.78. The molecule has 3 N–H and O–H groups in total. The van der Waals surface area contributed by atoms with Gasteiger partial charge in [0.25, 0.3) is 5.91 Å². The molecule has 0 saturated carbocycles.